The summed E-state index contributed by atoms with van der Waals surface area (Å²) in [6.07, 6.45) is 1.56. The molecule has 2 rings (SSSR count). The molecule has 0 atom stereocenters. The Morgan fingerprint density at radius 3 is 2.42 bits per heavy atom. The second-order valence-corrected chi connectivity index (χ2v) is 4.80. The quantitative estimate of drug-likeness (QED) is 0.828. The lowest BCUT2D eigenvalue weighted by Crippen LogP contribution is -2.25. The van der Waals surface area contributed by atoms with E-state index in [1.807, 2.05) is 42.8 Å². The molecule has 0 aliphatic heterocycles. The smallest absolute Gasteiger partial charge is 0.158 e. The molecule has 5 nitrogen and oxygen atoms in total. The van der Waals surface area contributed by atoms with E-state index in [1.54, 1.807) is 20.5 Å². The molecule has 0 saturated heterocycles. The lowest BCUT2D eigenvalue weighted by molar-refractivity contribution is 0.00800. The monoisotopic (exact) mass is 261 g/mol. The summed E-state index contributed by atoms with van der Waals surface area (Å²) in [5.74, 6) is 1.66. The molecule has 19 heavy (non-hydrogen) atoms. The van der Waals surface area contributed by atoms with Gasteiger partial charge in [-0.1, -0.05) is 12.1 Å². The van der Waals surface area contributed by atoms with Crippen LogP contribution in [-0.2, 0) is 16.9 Å². The number of benzene rings is 1. The van der Waals surface area contributed by atoms with Gasteiger partial charge in [-0.2, -0.15) is 5.10 Å². The number of nitrogens with zero attached hydrogens (tertiary/aromatic N) is 3. The first-order valence-corrected chi connectivity index (χ1v) is 6.13. The summed E-state index contributed by atoms with van der Waals surface area (Å²) in [4.78, 5) is 4.29. The van der Waals surface area contributed by atoms with Crippen molar-refractivity contribution in [2.75, 3.05) is 14.2 Å². The second-order valence-electron chi connectivity index (χ2n) is 4.80. The zero-order valence-electron chi connectivity index (χ0n) is 11.8. The van der Waals surface area contributed by atoms with Gasteiger partial charge in [0.15, 0.2) is 5.82 Å². The van der Waals surface area contributed by atoms with Crippen molar-refractivity contribution in [1.82, 2.24) is 14.8 Å². The third kappa shape index (κ3) is 2.93. The van der Waals surface area contributed by atoms with E-state index < -0.39 is 5.60 Å². The first-order valence-electron chi connectivity index (χ1n) is 6.13. The fraction of sp³-hybridized carbons (Fsp3) is 0.429. The Morgan fingerprint density at radius 1 is 1.16 bits per heavy atom. The molecular formula is C14H19N3O2. The molecule has 2 aromatic rings. The van der Waals surface area contributed by atoms with Crippen LogP contribution in [0.1, 0.15) is 25.2 Å². The Kier molecular flexibility index (Phi) is 3.85. The zero-order chi connectivity index (χ0) is 13.9. The molecular weight excluding hydrogens is 242 g/mol. The molecule has 1 aromatic heterocycles. The Hall–Kier alpha value is -1.88. The largest absolute Gasteiger partial charge is 0.497 e. The first-order chi connectivity index (χ1) is 9.06. The van der Waals surface area contributed by atoms with Crippen molar-refractivity contribution in [1.29, 1.82) is 0 Å². The van der Waals surface area contributed by atoms with Crippen molar-refractivity contribution >= 4 is 0 Å². The Bertz CT molecular complexity index is 532. The molecule has 102 valence electrons. The van der Waals surface area contributed by atoms with Crippen LogP contribution in [0.15, 0.2) is 30.6 Å². The molecule has 0 unspecified atom stereocenters. The second kappa shape index (κ2) is 5.40. The van der Waals surface area contributed by atoms with Crippen LogP contribution in [0.4, 0.5) is 0 Å². The predicted octanol–water partition coefficient (Wildman–Crippen LogP) is 2.22. The zero-order valence-corrected chi connectivity index (χ0v) is 11.8. The van der Waals surface area contributed by atoms with Gasteiger partial charge in [0.1, 0.15) is 17.7 Å². The predicted molar refractivity (Wildman–Crippen MR) is 72.2 cm³/mol. The van der Waals surface area contributed by atoms with E-state index in [9.17, 15) is 0 Å². The molecule has 0 saturated carbocycles. The Morgan fingerprint density at radius 2 is 1.84 bits per heavy atom. The molecule has 1 heterocycles. The van der Waals surface area contributed by atoms with Crippen LogP contribution in [0, 0.1) is 0 Å². The van der Waals surface area contributed by atoms with Crippen molar-refractivity contribution in [2.24, 2.45) is 0 Å². The van der Waals surface area contributed by atoms with Gasteiger partial charge in [0, 0.05) is 7.11 Å². The maximum Gasteiger partial charge on any atom is 0.158 e. The fourth-order valence-corrected chi connectivity index (χ4v) is 1.84. The van der Waals surface area contributed by atoms with Gasteiger partial charge in [-0.3, -0.25) is 0 Å². The first kappa shape index (κ1) is 13.5. The number of methoxy groups -OCH3 is 2. The van der Waals surface area contributed by atoms with Crippen LogP contribution < -0.4 is 4.74 Å². The molecule has 0 fully saturated rings. The molecule has 0 N–H and O–H groups in total. The third-order valence-corrected chi connectivity index (χ3v) is 3.16. The highest BCUT2D eigenvalue weighted by molar-refractivity contribution is 5.27. The van der Waals surface area contributed by atoms with E-state index >= 15 is 0 Å². The van der Waals surface area contributed by atoms with E-state index in [1.165, 1.54) is 0 Å². The van der Waals surface area contributed by atoms with Crippen LogP contribution in [0.2, 0.25) is 0 Å². The fourth-order valence-electron chi connectivity index (χ4n) is 1.84. The standard InChI is InChI=1S/C14H19N3O2/c1-14(2,19-4)13-15-10-16-17(13)9-11-5-7-12(18-3)8-6-11/h5-8,10H,9H2,1-4H3. The lowest BCUT2D eigenvalue weighted by Gasteiger charge is -2.22. The summed E-state index contributed by atoms with van der Waals surface area (Å²) >= 11 is 0. The van der Waals surface area contributed by atoms with Gasteiger partial charge in [0.25, 0.3) is 0 Å². The van der Waals surface area contributed by atoms with E-state index in [0.29, 0.717) is 6.54 Å². The Balaban J connectivity index is 2.21. The van der Waals surface area contributed by atoms with Crippen molar-refractivity contribution in [3.05, 3.63) is 42.0 Å². The lowest BCUT2D eigenvalue weighted by atomic mass is 10.1. The van der Waals surface area contributed by atoms with Crippen LogP contribution >= 0.6 is 0 Å². The van der Waals surface area contributed by atoms with Gasteiger partial charge < -0.3 is 9.47 Å². The molecule has 0 spiro atoms. The van der Waals surface area contributed by atoms with Crippen LogP contribution in [0.3, 0.4) is 0 Å². The maximum atomic E-state index is 5.45. The number of ether oxygens (including phenoxy) is 2. The molecule has 0 aliphatic carbocycles. The van der Waals surface area contributed by atoms with E-state index in [0.717, 1.165) is 17.1 Å². The highest BCUT2D eigenvalue weighted by Crippen LogP contribution is 2.22. The third-order valence-electron chi connectivity index (χ3n) is 3.16. The molecule has 1 aromatic carbocycles. The van der Waals surface area contributed by atoms with Crippen molar-refractivity contribution in [3.8, 4) is 5.75 Å². The van der Waals surface area contributed by atoms with Gasteiger partial charge in [0.05, 0.1) is 13.7 Å². The summed E-state index contributed by atoms with van der Waals surface area (Å²) in [7, 11) is 3.33. The average Bonchev–Trinajstić information content (AvgIpc) is 2.88. The number of hydrogen-bond acceptors (Lipinski definition) is 4. The molecule has 0 bridgehead atoms. The van der Waals surface area contributed by atoms with E-state index in [2.05, 4.69) is 10.1 Å². The minimum atomic E-state index is -0.455. The highest BCUT2D eigenvalue weighted by Gasteiger charge is 2.25. The molecule has 0 aliphatic rings. The Labute approximate surface area is 113 Å². The summed E-state index contributed by atoms with van der Waals surface area (Å²) in [6, 6.07) is 7.91. The van der Waals surface area contributed by atoms with Crippen LogP contribution in [-0.4, -0.2) is 29.0 Å². The van der Waals surface area contributed by atoms with E-state index in [4.69, 9.17) is 9.47 Å². The molecule has 5 heteroatoms. The van der Waals surface area contributed by atoms with Gasteiger partial charge in [-0.25, -0.2) is 9.67 Å². The maximum absolute atomic E-state index is 5.45. The van der Waals surface area contributed by atoms with Crippen molar-refractivity contribution in [3.63, 3.8) is 0 Å². The molecule has 0 radical (unpaired) electrons. The van der Waals surface area contributed by atoms with Crippen LogP contribution in [0.5, 0.6) is 5.75 Å². The van der Waals surface area contributed by atoms with Crippen molar-refractivity contribution < 1.29 is 9.47 Å². The average molecular weight is 261 g/mol. The molecule has 0 amide bonds. The van der Waals surface area contributed by atoms with E-state index in [-0.39, 0.29) is 0 Å². The summed E-state index contributed by atoms with van der Waals surface area (Å²) < 4.78 is 12.5. The number of aromatic nitrogens is 3. The highest BCUT2D eigenvalue weighted by atomic mass is 16.5. The summed E-state index contributed by atoms with van der Waals surface area (Å²) in [6.45, 7) is 4.61. The minimum Gasteiger partial charge on any atom is -0.497 e. The number of hydrogen-bond donors (Lipinski definition) is 0. The van der Waals surface area contributed by atoms with Gasteiger partial charge in [-0.05, 0) is 31.5 Å². The topological polar surface area (TPSA) is 49.2 Å². The van der Waals surface area contributed by atoms with Gasteiger partial charge >= 0.3 is 0 Å². The minimum absolute atomic E-state index is 0.455. The normalized spacial score (nSPS) is 11.6. The van der Waals surface area contributed by atoms with Gasteiger partial charge in [0.2, 0.25) is 0 Å². The SMILES string of the molecule is COc1ccc(Cn2ncnc2C(C)(C)OC)cc1. The van der Waals surface area contributed by atoms with Crippen LogP contribution in [0.25, 0.3) is 0 Å². The van der Waals surface area contributed by atoms with Gasteiger partial charge in [-0.15, -0.1) is 0 Å². The summed E-state index contributed by atoms with van der Waals surface area (Å²) in [5.41, 5.74) is 0.683. The van der Waals surface area contributed by atoms with Crippen molar-refractivity contribution in [2.45, 2.75) is 26.0 Å². The number of rotatable bonds is 5. The summed E-state index contributed by atoms with van der Waals surface area (Å²) in [5, 5.41) is 4.26.